The maximum absolute atomic E-state index is 12.1. The molecule has 1 amide bonds. The van der Waals surface area contributed by atoms with Gasteiger partial charge in [0.1, 0.15) is 12.0 Å². The summed E-state index contributed by atoms with van der Waals surface area (Å²) in [5.74, 6) is -0.305. The molecule has 0 spiro atoms. The number of nitrogens with one attached hydrogen (secondary N) is 1. The summed E-state index contributed by atoms with van der Waals surface area (Å²) >= 11 is 6.38. The molecule has 2 rings (SSSR count). The van der Waals surface area contributed by atoms with E-state index in [1.807, 2.05) is 12.1 Å². The number of halogens is 1. The van der Waals surface area contributed by atoms with Crippen LogP contribution in [0.25, 0.3) is 0 Å². The van der Waals surface area contributed by atoms with Gasteiger partial charge in [-0.25, -0.2) is 9.97 Å². The van der Waals surface area contributed by atoms with E-state index in [0.29, 0.717) is 16.4 Å². The van der Waals surface area contributed by atoms with Crippen LogP contribution in [0.15, 0.2) is 36.8 Å². The summed E-state index contributed by atoms with van der Waals surface area (Å²) in [6.45, 7) is 6.22. The van der Waals surface area contributed by atoms with Gasteiger partial charge < -0.3 is 5.32 Å². The number of carbonyl (C=O) groups is 1. The minimum Gasteiger partial charge on any atom is -0.319 e. The third-order valence-electron chi connectivity index (χ3n) is 2.87. The first-order valence-corrected chi connectivity index (χ1v) is 6.64. The second kappa shape index (κ2) is 5.59. The van der Waals surface area contributed by atoms with E-state index in [2.05, 4.69) is 36.1 Å². The molecule has 0 radical (unpaired) electrons. The minimum atomic E-state index is -0.305. The van der Waals surface area contributed by atoms with Crippen molar-refractivity contribution in [3.8, 4) is 0 Å². The molecule has 1 N–H and O–H groups in total. The topological polar surface area (TPSA) is 54.9 Å². The summed E-state index contributed by atoms with van der Waals surface area (Å²) in [6, 6.07) is 7.16. The van der Waals surface area contributed by atoms with Crippen molar-refractivity contribution in [2.75, 3.05) is 5.32 Å². The molecule has 104 valence electrons. The van der Waals surface area contributed by atoms with Gasteiger partial charge in [0.05, 0.1) is 10.7 Å². The maximum Gasteiger partial charge on any atom is 0.274 e. The summed E-state index contributed by atoms with van der Waals surface area (Å²) in [4.78, 5) is 19.8. The SMILES string of the molecule is CC(C)(C)c1cccc(NC(=O)c2ccncn2)c1Cl. The van der Waals surface area contributed by atoms with E-state index in [1.54, 1.807) is 12.1 Å². The Labute approximate surface area is 123 Å². The third-order valence-corrected chi connectivity index (χ3v) is 3.28. The lowest BCUT2D eigenvalue weighted by Crippen LogP contribution is -2.16. The molecule has 0 saturated carbocycles. The van der Waals surface area contributed by atoms with E-state index < -0.39 is 0 Å². The molecule has 1 aromatic heterocycles. The fraction of sp³-hybridized carbons (Fsp3) is 0.267. The first-order chi connectivity index (χ1) is 9.39. The Morgan fingerprint density at radius 2 is 2.00 bits per heavy atom. The third kappa shape index (κ3) is 3.14. The molecule has 5 heteroatoms. The first-order valence-electron chi connectivity index (χ1n) is 6.26. The highest BCUT2D eigenvalue weighted by Crippen LogP contribution is 2.34. The fourth-order valence-corrected chi connectivity index (χ4v) is 2.28. The molecule has 0 saturated heterocycles. The molecule has 0 aliphatic carbocycles. The average molecular weight is 290 g/mol. The Morgan fingerprint density at radius 3 is 2.60 bits per heavy atom. The van der Waals surface area contributed by atoms with Crippen LogP contribution < -0.4 is 5.32 Å². The number of anilines is 1. The van der Waals surface area contributed by atoms with Crippen LogP contribution in [0.2, 0.25) is 5.02 Å². The molecule has 2 aromatic rings. The molecule has 1 heterocycles. The number of hydrogen-bond donors (Lipinski definition) is 1. The Kier molecular flexibility index (Phi) is 4.04. The number of amides is 1. The molecule has 1 aromatic carbocycles. The normalized spacial score (nSPS) is 11.2. The van der Waals surface area contributed by atoms with Gasteiger partial charge in [-0.05, 0) is 23.1 Å². The van der Waals surface area contributed by atoms with E-state index in [4.69, 9.17) is 11.6 Å². The molecule has 4 nitrogen and oxygen atoms in total. The molecule has 0 unspecified atom stereocenters. The van der Waals surface area contributed by atoms with Crippen LogP contribution >= 0.6 is 11.6 Å². The molecule has 0 bridgehead atoms. The highest BCUT2D eigenvalue weighted by molar-refractivity contribution is 6.34. The average Bonchev–Trinajstić information content (AvgIpc) is 2.40. The predicted molar refractivity (Wildman–Crippen MR) is 80.1 cm³/mol. The zero-order valence-electron chi connectivity index (χ0n) is 11.6. The molecular formula is C15H16ClN3O. The second-order valence-corrected chi connectivity index (χ2v) is 5.84. The van der Waals surface area contributed by atoms with Gasteiger partial charge in [-0.2, -0.15) is 0 Å². The number of rotatable bonds is 2. The van der Waals surface area contributed by atoms with Gasteiger partial charge in [0.2, 0.25) is 0 Å². The summed E-state index contributed by atoms with van der Waals surface area (Å²) < 4.78 is 0. The van der Waals surface area contributed by atoms with Gasteiger partial charge in [0.15, 0.2) is 0 Å². The van der Waals surface area contributed by atoms with Crippen molar-refractivity contribution in [3.63, 3.8) is 0 Å². The van der Waals surface area contributed by atoms with Gasteiger partial charge in [0.25, 0.3) is 5.91 Å². The van der Waals surface area contributed by atoms with Crippen molar-refractivity contribution in [2.24, 2.45) is 0 Å². The molecule has 20 heavy (non-hydrogen) atoms. The Hall–Kier alpha value is -1.94. The van der Waals surface area contributed by atoms with E-state index in [9.17, 15) is 4.79 Å². The Morgan fingerprint density at radius 1 is 1.25 bits per heavy atom. The van der Waals surface area contributed by atoms with Crippen molar-refractivity contribution in [2.45, 2.75) is 26.2 Å². The summed E-state index contributed by atoms with van der Waals surface area (Å²) in [5, 5.41) is 3.34. The van der Waals surface area contributed by atoms with E-state index in [1.165, 1.54) is 12.5 Å². The van der Waals surface area contributed by atoms with Crippen molar-refractivity contribution < 1.29 is 4.79 Å². The number of aromatic nitrogens is 2. The molecule has 0 aliphatic heterocycles. The largest absolute Gasteiger partial charge is 0.319 e. The molecular weight excluding hydrogens is 274 g/mol. The summed E-state index contributed by atoms with van der Waals surface area (Å²) in [6.07, 6.45) is 2.86. The number of benzene rings is 1. The van der Waals surface area contributed by atoms with Crippen LogP contribution in [0.1, 0.15) is 36.8 Å². The highest BCUT2D eigenvalue weighted by Gasteiger charge is 2.20. The van der Waals surface area contributed by atoms with Crippen molar-refractivity contribution in [3.05, 3.63) is 53.1 Å². The molecule has 0 atom stereocenters. The van der Waals surface area contributed by atoms with E-state index >= 15 is 0 Å². The van der Waals surface area contributed by atoms with Crippen LogP contribution in [0.4, 0.5) is 5.69 Å². The highest BCUT2D eigenvalue weighted by atomic mass is 35.5. The quantitative estimate of drug-likeness (QED) is 0.917. The van der Waals surface area contributed by atoms with Crippen molar-refractivity contribution in [1.82, 2.24) is 9.97 Å². The minimum absolute atomic E-state index is 0.0905. The van der Waals surface area contributed by atoms with E-state index in [0.717, 1.165) is 5.56 Å². The van der Waals surface area contributed by atoms with Crippen LogP contribution in [0, 0.1) is 0 Å². The fourth-order valence-electron chi connectivity index (χ4n) is 1.82. The first kappa shape index (κ1) is 14.5. The van der Waals surface area contributed by atoms with Gasteiger partial charge in [-0.15, -0.1) is 0 Å². The standard InChI is InChI=1S/C15H16ClN3O/c1-15(2,3)10-5-4-6-11(13(10)16)19-14(20)12-7-8-17-9-18-12/h4-9H,1-3H3,(H,19,20). The van der Waals surface area contributed by atoms with Gasteiger partial charge in [-0.3, -0.25) is 4.79 Å². The lowest BCUT2D eigenvalue weighted by molar-refractivity contribution is 0.102. The van der Waals surface area contributed by atoms with Gasteiger partial charge in [-0.1, -0.05) is 44.5 Å². The smallest absolute Gasteiger partial charge is 0.274 e. The molecule has 0 fully saturated rings. The zero-order valence-corrected chi connectivity index (χ0v) is 12.4. The van der Waals surface area contributed by atoms with Crippen LogP contribution in [-0.2, 0) is 5.41 Å². The number of nitrogens with zero attached hydrogens (tertiary/aromatic N) is 2. The van der Waals surface area contributed by atoms with Gasteiger partial charge >= 0.3 is 0 Å². The summed E-state index contributed by atoms with van der Waals surface area (Å²) in [7, 11) is 0. The van der Waals surface area contributed by atoms with Crippen molar-refractivity contribution >= 4 is 23.2 Å². The van der Waals surface area contributed by atoms with E-state index in [-0.39, 0.29) is 11.3 Å². The number of hydrogen-bond acceptors (Lipinski definition) is 3. The Balaban J connectivity index is 2.29. The zero-order chi connectivity index (χ0) is 14.8. The maximum atomic E-state index is 12.1. The van der Waals surface area contributed by atoms with Crippen LogP contribution in [-0.4, -0.2) is 15.9 Å². The lowest BCUT2D eigenvalue weighted by Gasteiger charge is -2.22. The van der Waals surface area contributed by atoms with Crippen LogP contribution in [0.3, 0.4) is 0 Å². The van der Waals surface area contributed by atoms with Gasteiger partial charge in [0, 0.05) is 6.20 Å². The van der Waals surface area contributed by atoms with Crippen LogP contribution in [0.5, 0.6) is 0 Å². The Bertz CT molecular complexity index is 621. The number of carbonyl (C=O) groups excluding carboxylic acids is 1. The second-order valence-electron chi connectivity index (χ2n) is 5.47. The van der Waals surface area contributed by atoms with Crippen molar-refractivity contribution in [1.29, 1.82) is 0 Å². The molecule has 0 aliphatic rings. The predicted octanol–water partition coefficient (Wildman–Crippen LogP) is 3.68. The lowest BCUT2D eigenvalue weighted by atomic mass is 9.87. The monoisotopic (exact) mass is 289 g/mol. The summed E-state index contributed by atoms with van der Waals surface area (Å²) in [5.41, 5.74) is 1.78.